The average molecular weight is 494 g/mol. The monoisotopic (exact) mass is 493 g/mol. The van der Waals surface area contributed by atoms with E-state index < -0.39 is 34.9 Å². The van der Waals surface area contributed by atoms with Gasteiger partial charge in [-0.05, 0) is 66.0 Å². The van der Waals surface area contributed by atoms with Crippen LogP contribution in [0.25, 0.3) is 10.4 Å². The molecule has 0 fully saturated rings. The topological polar surface area (TPSA) is 101 Å². The Labute approximate surface area is 214 Å². The molecule has 0 N–H and O–H groups in total. The van der Waals surface area contributed by atoms with E-state index in [0.29, 0.717) is 0 Å². The summed E-state index contributed by atoms with van der Waals surface area (Å²) >= 11 is 0. The number of nitrogens with zero attached hydrogens (tertiary/aromatic N) is 3. The van der Waals surface area contributed by atoms with Crippen LogP contribution < -0.4 is 0 Å². The molecule has 0 unspecified atom stereocenters. The van der Waals surface area contributed by atoms with Gasteiger partial charge in [0, 0.05) is 4.91 Å². The fourth-order valence-corrected chi connectivity index (χ4v) is 3.34. The summed E-state index contributed by atoms with van der Waals surface area (Å²) in [7, 11) is 0. The standard InChI is InChI=1S/C28H51N3O4/c1-8-9-10-11-12-13-14-15-16-17-18-19-20-21-24(35-26(33)28(5,6)7)23(30-31-29)22-34-25(32)27(2,3)4/h20-21,23-24H,8-19,22H2,1-7H3/b21-20+/t23-,24+/m0/s1. The Morgan fingerprint density at radius 3 is 1.77 bits per heavy atom. The van der Waals surface area contributed by atoms with Gasteiger partial charge < -0.3 is 9.47 Å². The molecule has 0 bridgehead atoms. The van der Waals surface area contributed by atoms with Gasteiger partial charge in [0.05, 0.1) is 10.8 Å². The van der Waals surface area contributed by atoms with E-state index in [1.807, 2.05) is 6.08 Å². The summed E-state index contributed by atoms with van der Waals surface area (Å²) in [6.07, 6.45) is 17.9. The number of allylic oxidation sites excluding steroid dienone is 1. The lowest BCUT2D eigenvalue weighted by Gasteiger charge is -2.26. The second-order valence-electron chi connectivity index (χ2n) is 11.5. The van der Waals surface area contributed by atoms with Gasteiger partial charge in [0.1, 0.15) is 18.8 Å². The van der Waals surface area contributed by atoms with E-state index in [4.69, 9.17) is 15.0 Å². The van der Waals surface area contributed by atoms with Gasteiger partial charge >= 0.3 is 11.9 Å². The highest BCUT2D eigenvalue weighted by atomic mass is 16.6. The summed E-state index contributed by atoms with van der Waals surface area (Å²) < 4.78 is 11.0. The molecule has 0 rings (SSSR count). The van der Waals surface area contributed by atoms with Crippen molar-refractivity contribution in [3.8, 4) is 0 Å². The Bertz CT molecular complexity index is 671. The number of rotatable bonds is 18. The Hall–Kier alpha value is -2.01. The average Bonchev–Trinajstić information content (AvgIpc) is 2.77. The molecule has 0 aliphatic heterocycles. The second-order valence-corrected chi connectivity index (χ2v) is 11.5. The van der Waals surface area contributed by atoms with Crippen molar-refractivity contribution < 1.29 is 19.1 Å². The van der Waals surface area contributed by atoms with Gasteiger partial charge in [-0.15, -0.1) is 0 Å². The van der Waals surface area contributed by atoms with Gasteiger partial charge in [0.25, 0.3) is 0 Å². The summed E-state index contributed by atoms with van der Waals surface area (Å²) in [5, 5.41) is 3.77. The van der Waals surface area contributed by atoms with Gasteiger partial charge in [-0.1, -0.05) is 82.3 Å². The van der Waals surface area contributed by atoms with Crippen molar-refractivity contribution in [2.24, 2.45) is 15.9 Å². The van der Waals surface area contributed by atoms with E-state index in [-0.39, 0.29) is 6.61 Å². The highest BCUT2D eigenvalue weighted by Gasteiger charge is 2.31. The minimum Gasteiger partial charge on any atom is -0.465 e. The van der Waals surface area contributed by atoms with Crippen LogP contribution in [0.1, 0.15) is 126 Å². The van der Waals surface area contributed by atoms with Crippen LogP contribution in [0.2, 0.25) is 0 Å². The van der Waals surface area contributed by atoms with Gasteiger partial charge in [-0.2, -0.15) is 0 Å². The molecule has 0 saturated heterocycles. The highest BCUT2D eigenvalue weighted by Crippen LogP contribution is 2.21. The molecule has 0 spiro atoms. The first-order valence-corrected chi connectivity index (χ1v) is 13.5. The molecule has 0 aliphatic rings. The molecular formula is C28H51N3O4. The lowest BCUT2D eigenvalue weighted by atomic mass is 9.97. The lowest BCUT2D eigenvalue weighted by molar-refractivity contribution is -0.160. The van der Waals surface area contributed by atoms with Gasteiger partial charge in [0.15, 0.2) is 0 Å². The third kappa shape index (κ3) is 17.1. The molecule has 0 aromatic rings. The van der Waals surface area contributed by atoms with E-state index in [2.05, 4.69) is 16.9 Å². The number of hydrogen-bond acceptors (Lipinski definition) is 5. The normalized spacial score (nSPS) is 13.8. The van der Waals surface area contributed by atoms with E-state index in [1.54, 1.807) is 47.6 Å². The zero-order valence-electron chi connectivity index (χ0n) is 23.5. The van der Waals surface area contributed by atoms with Gasteiger partial charge in [-0.25, -0.2) is 0 Å². The van der Waals surface area contributed by atoms with Crippen molar-refractivity contribution in [2.75, 3.05) is 6.61 Å². The molecule has 0 radical (unpaired) electrons. The maximum absolute atomic E-state index is 12.5. The van der Waals surface area contributed by atoms with Crippen LogP contribution in [0.4, 0.5) is 0 Å². The van der Waals surface area contributed by atoms with Crippen molar-refractivity contribution in [3.05, 3.63) is 22.6 Å². The van der Waals surface area contributed by atoms with E-state index in [9.17, 15) is 9.59 Å². The van der Waals surface area contributed by atoms with Crippen LogP contribution in [-0.2, 0) is 19.1 Å². The first-order valence-electron chi connectivity index (χ1n) is 13.5. The summed E-state index contributed by atoms with van der Waals surface area (Å²) in [6, 6.07) is -0.828. The molecule has 0 aliphatic carbocycles. The first kappa shape index (κ1) is 33.0. The maximum Gasteiger partial charge on any atom is 0.311 e. The molecule has 202 valence electrons. The molecule has 2 atom stereocenters. The smallest absolute Gasteiger partial charge is 0.311 e. The van der Waals surface area contributed by atoms with Crippen LogP contribution in [0.3, 0.4) is 0 Å². The quantitative estimate of drug-likeness (QED) is 0.0477. The van der Waals surface area contributed by atoms with Crippen molar-refractivity contribution in [1.29, 1.82) is 0 Å². The number of carbonyl (C=O) groups is 2. The Kier molecular flexibility index (Phi) is 17.2. The van der Waals surface area contributed by atoms with Gasteiger partial charge in [0.2, 0.25) is 0 Å². The SMILES string of the molecule is CCCCCCCCCCCCC/C=C/[C@@H](OC(=O)C(C)(C)C)[C@H](COC(=O)C(C)(C)C)N=[N+]=[N-]. The first-order chi connectivity index (χ1) is 16.4. The van der Waals surface area contributed by atoms with Crippen molar-refractivity contribution in [2.45, 2.75) is 138 Å². The van der Waals surface area contributed by atoms with Gasteiger partial charge in [-0.3, -0.25) is 9.59 Å². The van der Waals surface area contributed by atoms with E-state index in [0.717, 1.165) is 19.3 Å². The van der Waals surface area contributed by atoms with Crippen LogP contribution in [0.5, 0.6) is 0 Å². The largest absolute Gasteiger partial charge is 0.465 e. The molecule has 0 aromatic heterocycles. The number of carbonyl (C=O) groups excluding carboxylic acids is 2. The minimum atomic E-state index is -0.828. The van der Waals surface area contributed by atoms with Crippen molar-refractivity contribution >= 4 is 11.9 Å². The van der Waals surface area contributed by atoms with E-state index >= 15 is 0 Å². The van der Waals surface area contributed by atoms with E-state index in [1.165, 1.54) is 57.8 Å². The summed E-state index contributed by atoms with van der Waals surface area (Å²) in [6.45, 7) is 12.7. The number of unbranched alkanes of at least 4 members (excludes halogenated alkanes) is 11. The Morgan fingerprint density at radius 2 is 1.31 bits per heavy atom. The number of ether oxygens (including phenoxy) is 2. The lowest BCUT2D eigenvalue weighted by Crippen LogP contribution is -2.37. The number of azide groups is 1. The second kappa shape index (κ2) is 18.3. The third-order valence-corrected chi connectivity index (χ3v) is 5.73. The predicted molar refractivity (Wildman–Crippen MR) is 143 cm³/mol. The molecule has 7 nitrogen and oxygen atoms in total. The molecular weight excluding hydrogens is 442 g/mol. The van der Waals surface area contributed by atoms with Crippen LogP contribution in [0, 0.1) is 10.8 Å². The number of hydrogen-bond donors (Lipinski definition) is 0. The minimum absolute atomic E-state index is 0.148. The summed E-state index contributed by atoms with van der Waals surface area (Å²) in [4.78, 5) is 27.6. The fraction of sp³-hybridized carbons (Fsp3) is 0.857. The number of esters is 2. The van der Waals surface area contributed by atoms with Crippen molar-refractivity contribution in [3.63, 3.8) is 0 Å². The summed E-state index contributed by atoms with van der Waals surface area (Å²) in [5.74, 6) is -0.802. The molecule has 0 amide bonds. The highest BCUT2D eigenvalue weighted by molar-refractivity contribution is 5.76. The predicted octanol–water partition coefficient (Wildman–Crippen LogP) is 8.47. The molecule has 35 heavy (non-hydrogen) atoms. The Morgan fingerprint density at radius 1 is 0.829 bits per heavy atom. The fourth-order valence-electron chi connectivity index (χ4n) is 3.34. The summed E-state index contributed by atoms with van der Waals surface area (Å²) in [5.41, 5.74) is 7.66. The molecule has 0 saturated carbocycles. The maximum atomic E-state index is 12.5. The zero-order chi connectivity index (χ0) is 26.7. The Balaban J connectivity index is 4.71. The molecule has 0 heterocycles. The molecule has 0 aromatic carbocycles. The van der Waals surface area contributed by atoms with Crippen LogP contribution >= 0.6 is 0 Å². The molecule has 7 heteroatoms. The van der Waals surface area contributed by atoms with Crippen LogP contribution in [-0.4, -0.2) is 30.7 Å². The zero-order valence-corrected chi connectivity index (χ0v) is 23.5. The van der Waals surface area contributed by atoms with Crippen molar-refractivity contribution in [1.82, 2.24) is 0 Å². The van der Waals surface area contributed by atoms with Crippen LogP contribution in [0.15, 0.2) is 17.3 Å². The third-order valence-electron chi connectivity index (χ3n) is 5.73.